The zero-order valence-corrected chi connectivity index (χ0v) is 12.5. The second-order valence-electron chi connectivity index (χ2n) is 6.64. The molecule has 0 heterocycles. The summed E-state index contributed by atoms with van der Waals surface area (Å²) in [7, 11) is 0. The van der Waals surface area contributed by atoms with Crippen LogP contribution < -0.4 is 5.32 Å². The van der Waals surface area contributed by atoms with Crippen LogP contribution in [0, 0.1) is 11.8 Å². The second-order valence-corrected chi connectivity index (χ2v) is 6.64. The maximum absolute atomic E-state index is 12.2. The minimum atomic E-state index is 0.316. The minimum Gasteiger partial charge on any atom is -0.356 e. The Bertz CT molecular complexity index is 248. The van der Waals surface area contributed by atoms with Crippen LogP contribution in [0.1, 0.15) is 83.5 Å². The van der Waals surface area contributed by atoms with Gasteiger partial charge in [-0.1, -0.05) is 57.8 Å². The average molecular weight is 265 g/mol. The molecule has 2 heteroatoms. The Kier molecular flexibility index (Phi) is 6.73. The standard InChI is InChI=1S/C17H31NO/c19-17(16-12-8-4-5-9-13-16)18-14-15-10-6-2-1-3-7-11-15/h15-16H,1-14H2,(H,18,19). The van der Waals surface area contributed by atoms with Gasteiger partial charge in [0.1, 0.15) is 0 Å². The van der Waals surface area contributed by atoms with E-state index in [1.54, 1.807) is 0 Å². The van der Waals surface area contributed by atoms with Crippen molar-refractivity contribution in [3.05, 3.63) is 0 Å². The van der Waals surface area contributed by atoms with Crippen molar-refractivity contribution < 1.29 is 4.79 Å². The topological polar surface area (TPSA) is 29.1 Å². The van der Waals surface area contributed by atoms with Crippen LogP contribution in [0.2, 0.25) is 0 Å². The molecule has 2 saturated carbocycles. The molecule has 110 valence electrons. The molecule has 1 N–H and O–H groups in total. The lowest BCUT2D eigenvalue weighted by molar-refractivity contribution is -0.125. The van der Waals surface area contributed by atoms with Crippen molar-refractivity contribution >= 4 is 5.91 Å². The van der Waals surface area contributed by atoms with Crippen molar-refractivity contribution in [3.63, 3.8) is 0 Å². The maximum Gasteiger partial charge on any atom is 0.223 e. The van der Waals surface area contributed by atoms with Crippen molar-refractivity contribution in [1.82, 2.24) is 5.32 Å². The normalized spacial score (nSPS) is 24.2. The number of nitrogens with one attached hydrogen (secondary N) is 1. The molecule has 0 spiro atoms. The van der Waals surface area contributed by atoms with Crippen molar-refractivity contribution in [1.29, 1.82) is 0 Å². The van der Waals surface area contributed by atoms with Crippen molar-refractivity contribution in [2.45, 2.75) is 83.5 Å². The Hall–Kier alpha value is -0.530. The molecule has 2 rings (SSSR count). The first-order valence-electron chi connectivity index (χ1n) is 8.64. The summed E-state index contributed by atoms with van der Waals surface area (Å²) in [6.07, 6.45) is 17.0. The predicted octanol–water partition coefficient (Wildman–Crippen LogP) is 4.43. The van der Waals surface area contributed by atoms with Crippen LogP contribution in [0.4, 0.5) is 0 Å². The minimum absolute atomic E-state index is 0.316. The van der Waals surface area contributed by atoms with Gasteiger partial charge in [-0.15, -0.1) is 0 Å². The number of hydrogen-bond donors (Lipinski definition) is 1. The van der Waals surface area contributed by atoms with E-state index in [-0.39, 0.29) is 0 Å². The number of amides is 1. The van der Waals surface area contributed by atoms with Gasteiger partial charge in [0.25, 0.3) is 0 Å². The molecule has 0 aliphatic heterocycles. The molecule has 0 aromatic rings. The zero-order chi connectivity index (χ0) is 13.3. The number of rotatable bonds is 3. The highest BCUT2D eigenvalue weighted by molar-refractivity contribution is 5.78. The summed E-state index contributed by atoms with van der Waals surface area (Å²) < 4.78 is 0. The summed E-state index contributed by atoms with van der Waals surface area (Å²) in [5.74, 6) is 1.41. The van der Waals surface area contributed by atoms with Gasteiger partial charge in [-0.25, -0.2) is 0 Å². The fourth-order valence-electron chi connectivity index (χ4n) is 3.68. The van der Waals surface area contributed by atoms with Gasteiger partial charge in [0.05, 0.1) is 0 Å². The van der Waals surface area contributed by atoms with E-state index in [0.717, 1.165) is 25.3 Å². The van der Waals surface area contributed by atoms with E-state index in [0.29, 0.717) is 11.8 Å². The Morgan fingerprint density at radius 1 is 0.737 bits per heavy atom. The van der Waals surface area contributed by atoms with Crippen LogP contribution in [0.3, 0.4) is 0 Å². The average Bonchev–Trinajstić information content (AvgIpc) is 2.66. The third-order valence-electron chi connectivity index (χ3n) is 5.02. The Morgan fingerprint density at radius 3 is 1.79 bits per heavy atom. The Balaban J connectivity index is 1.69. The van der Waals surface area contributed by atoms with Crippen molar-refractivity contribution in [2.24, 2.45) is 11.8 Å². The van der Waals surface area contributed by atoms with Crippen LogP contribution in [-0.4, -0.2) is 12.5 Å². The van der Waals surface area contributed by atoms with E-state index in [1.165, 1.54) is 70.6 Å². The van der Waals surface area contributed by atoms with Gasteiger partial charge in [0, 0.05) is 12.5 Å². The lowest BCUT2D eigenvalue weighted by Gasteiger charge is -2.21. The second kappa shape index (κ2) is 8.60. The van der Waals surface area contributed by atoms with E-state index in [2.05, 4.69) is 5.32 Å². The molecule has 1 amide bonds. The van der Waals surface area contributed by atoms with Crippen LogP contribution in [0.5, 0.6) is 0 Å². The molecule has 0 saturated heterocycles. The molecular formula is C17H31NO. The molecule has 2 fully saturated rings. The van der Waals surface area contributed by atoms with Crippen LogP contribution >= 0.6 is 0 Å². The van der Waals surface area contributed by atoms with E-state index in [9.17, 15) is 4.79 Å². The zero-order valence-electron chi connectivity index (χ0n) is 12.5. The number of hydrogen-bond acceptors (Lipinski definition) is 1. The fraction of sp³-hybridized carbons (Fsp3) is 0.941. The van der Waals surface area contributed by atoms with E-state index < -0.39 is 0 Å². The van der Waals surface area contributed by atoms with Gasteiger partial charge in [-0.3, -0.25) is 4.79 Å². The SMILES string of the molecule is O=C(NCC1CCCCCCC1)C1CCCCCC1. The molecule has 2 aliphatic carbocycles. The lowest BCUT2D eigenvalue weighted by Crippen LogP contribution is -2.34. The smallest absolute Gasteiger partial charge is 0.223 e. The van der Waals surface area contributed by atoms with Gasteiger partial charge >= 0.3 is 0 Å². The summed E-state index contributed by atoms with van der Waals surface area (Å²) in [6.45, 7) is 0.940. The van der Waals surface area contributed by atoms with Gasteiger partial charge in [0.2, 0.25) is 5.91 Å². The summed E-state index contributed by atoms with van der Waals surface area (Å²) >= 11 is 0. The summed E-state index contributed by atoms with van der Waals surface area (Å²) in [4.78, 5) is 12.2. The Labute approximate surface area is 118 Å². The molecule has 19 heavy (non-hydrogen) atoms. The number of carbonyl (C=O) groups is 1. The Morgan fingerprint density at radius 2 is 1.21 bits per heavy atom. The third-order valence-corrected chi connectivity index (χ3v) is 5.02. The third kappa shape index (κ3) is 5.54. The highest BCUT2D eigenvalue weighted by atomic mass is 16.1. The highest BCUT2D eigenvalue weighted by Gasteiger charge is 2.20. The molecule has 0 unspecified atom stereocenters. The van der Waals surface area contributed by atoms with Crippen LogP contribution in [-0.2, 0) is 4.79 Å². The molecule has 0 aromatic heterocycles. The summed E-state index contributed by atoms with van der Waals surface area (Å²) in [6, 6.07) is 0. The number of carbonyl (C=O) groups excluding carboxylic acids is 1. The van der Waals surface area contributed by atoms with Gasteiger partial charge in [0.15, 0.2) is 0 Å². The van der Waals surface area contributed by atoms with E-state index in [4.69, 9.17) is 0 Å². The largest absolute Gasteiger partial charge is 0.356 e. The van der Waals surface area contributed by atoms with E-state index in [1.807, 2.05) is 0 Å². The van der Waals surface area contributed by atoms with Crippen molar-refractivity contribution in [3.8, 4) is 0 Å². The first-order chi connectivity index (χ1) is 9.36. The molecule has 0 radical (unpaired) electrons. The van der Waals surface area contributed by atoms with Crippen LogP contribution in [0.25, 0.3) is 0 Å². The summed E-state index contributed by atoms with van der Waals surface area (Å²) in [5.41, 5.74) is 0. The molecule has 0 aromatic carbocycles. The fourth-order valence-corrected chi connectivity index (χ4v) is 3.68. The van der Waals surface area contributed by atoms with Gasteiger partial charge in [-0.05, 0) is 31.6 Å². The van der Waals surface area contributed by atoms with Gasteiger partial charge < -0.3 is 5.32 Å². The van der Waals surface area contributed by atoms with Gasteiger partial charge in [-0.2, -0.15) is 0 Å². The van der Waals surface area contributed by atoms with E-state index >= 15 is 0 Å². The highest BCUT2D eigenvalue weighted by Crippen LogP contribution is 2.24. The molecular weight excluding hydrogens is 234 g/mol. The quantitative estimate of drug-likeness (QED) is 0.751. The molecule has 2 aliphatic rings. The van der Waals surface area contributed by atoms with Crippen LogP contribution in [0.15, 0.2) is 0 Å². The van der Waals surface area contributed by atoms with Crippen molar-refractivity contribution in [2.75, 3.05) is 6.54 Å². The molecule has 0 bridgehead atoms. The summed E-state index contributed by atoms with van der Waals surface area (Å²) in [5, 5.41) is 3.26. The first kappa shape index (κ1) is 14.9. The lowest BCUT2D eigenvalue weighted by atomic mass is 9.91. The predicted molar refractivity (Wildman–Crippen MR) is 80.0 cm³/mol. The first-order valence-corrected chi connectivity index (χ1v) is 8.64. The monoisotopic (exact) mass is 265 g/mol. The molecule has 0 atom stereocenters. The maximum atomic E-state index is 12.2. The molecule has 2 nitrogen and oxygen atoms in total.